The number of carboxylic acids is 1. The molecule has 122 valence electrons. The SMILES string of the molecule is CSC(=S)NN=CC(=NNC(=S)NCC(=O)O)c1ccccc1. The van der Waals surface area contributed by atoms with Crippen molar-refractivity contribution in [2.75, 3.05) is 12.8 Å². The number of hydrogen-bond donors (Lipinski definition) is 4. The molecular formula is C13H15N5O2S3. The Hall–Kier alpha value is -2.04. The van der Waals surface area contributed by atoms with E-state index in [1.807, 2.05) is 36.6 Å². The largest absolute Gasteiger partial charge is 0.480 e. The Labute approximate surface area is 148 Å². The zero-order valence-corrected chi connectivity index (χ0v) is 14.6. The van der Waals surface area contributed by atoms with Crippen LogP contribution in [0.2, 0.25) is 0 Å². The Morgan fingerprint density at radius 2 is 2.00 bits per heavy atom. The fourth-order valence-electron chi connectivity index (χ4n) is 1.28. The van der Waals surface area contributed by atoms with E-state index < -0.39 is 5.97 Å². The zero-order valence-electron chi connectivity index (χ0n) is 12.1. The van der Waals surface area contributed by atoms with E-state index in [1.54, 1.807) is 0 Å². The number of carboxylic acid groups (broad SMARTS) is 1. The Kier molecular flexibility index (Phi) is 8.80. The van der Waals surface area contributed by atoms with Gasteiger partial charge in [-0.2, -0.15) is 10.2 Å². The first kappa shape index (κ1) is 19.0. The van der Waals surface area contributed by atoms with Gasteiger partial charge >= 0.3 is 5.97 Å². The van der Waals surface area contributed by atoms with E-state index in [0.717, 1.165) is 5.56 Å². The number of nitrogens with zero attached hydrogens (tertiary/aromatic N) is 2. The molecule has 23 heavy (non-hydrogen) atoms. The standard InChI is InChI=1S/C13H15N5O2S3/c1-23-13(22)18-15-7-10(9-5-3-2-4-6-9)16-17-12(21)14-8-11(19)20/h2-7H,8H2,1H3,(H,18,22)(H,19,20)(H2,14,17,21). The monoisotopic (exact) mass is 369 g/mol. The van der Waals surface area contributed by atoms with Crippen LogP contribution in [0.5, 0.6) is 0 Å². The number of hydrogen-bond acceptors (Lipinski definition) is 6. The molecule has 0 saturated carbocycles. The number of nitrogens with one attached hydrogen (secondary N) is 3. The lowest BCUT2D eigenvalue weighted by Gasteiger charge is -2.06. The molecule has 0 bridgehead atoms. The summed E-state index contributed by atoms with van der Waals surface area (Å²) in [6, 6.07) is 9.31. The van der Waals surface area contributed by atoms with Crippen LogP contribution < -0.4 is 16.2 Å². The molecule has 0 saturated heterocycles. The summed E-state index contributed by atoms with van der Waals surface area (Å²) >= 11 is 11.3. The summed E-state index contributed by atoms with van der Waals surface area (Å²) in [5.41, 5.74) is 6.57. The minimum Gasteiger partial charge on any atom is -0.480 e. The molecule has 0 fully saturated rings. The minimum atomic E-state index is -1.02. The quantitative estimate of drug-likeness (QED) is 0.337. The smallest absolute Gasteiger partial charge is 0.322 e. The molecule has 0 aliphatic carbocycles. The van der Waals surface area contributed by atoms with Gasteiger partial charge in [-0.05, 0) is 18.5 Å². The van der Waals surface area contributed by atoms with Gasteiger partial charge in [0.2, 0.25) is 0 Å². The third-order valence-electron chi connectivity index (χ3n) is 2.28. The van der Waals surface area contributed by atoms with Crippen molar-refractivity contribution in [1.82, 2.24) is 16.2 Å². The Morgan fingerprint density at radius 1 is 1.30 bits per heavy atom. The van der Waals surface area contributed by atoms with Crippen molar-refractivity contribution in [2.24, 2.45) is 10.2 Å². The second kappa shape index (κ2) is 10.6. The van der Waals surface area contributed by atoms with Crippen LogP contribution in [0.4, 0.5) is 0 Å². The first-order valence-electron chi connectivity index (χ1n) is 6.28. The molecule has 0 heterocycles. The molecule has 0 amide bonds. The van der Waals surface area contributed by atoms with Crippen LogP contribution >= 0.6 is 36.2 Å². The summed E-state index contributed by atoms with van der Waals surface area (Å²) < 4.78 is 0.528. The topological polar surface area (TPSA) is 98.1 Å². The maximum atomic E-state index is 10.5. The van der Waals surface area contributed by atoms with Gasteiger partial charge in [0.1, 0.15) is 12.3 Å². The average Bonchev–Trinajstić information content (AvgIpc) is 2.56. The van der Waals surface area contributed by atoms with E-state index in [0.29, 0.717) is 10.0 Å². The van der Waals surface area contributed by atoms with Gasteiger partial charge in [0, 0.05) is 5.56 Å². The van der Waals surface area contributed by atoms with Crippen molar-refractivity contribution in [1.29, 1.82) is 0 Å². The maximum Gasteiger partial charge on any atom is 0.322 e. The second-order valence-electron chi connectivity index (χ2n) is 3.91. The third kappa shape index (κ3) is 8.24. The molecule has 4 N–H and O–H groups in total. The van der Waals surface area contributed by atoms with Crippen LogP contribution in [-0.4, -0.2) is 45.2 Å². The van der Waals surface area contributed by atoms with Gasteiger partial charge in [-0.1, -0.05) is 54.3 Å². The fraction of sp³-hybridized carbons (Fsp3) is 0.154. The maximum absolute atomic E-state index is 10.5. The van der Waals surface area contributed by atoms with E-state index >= 15 is 0 Å². The molecule has 7 nitrogen and oxygen atoms in total. The highest BCUT2D eigenvalue weighted by molar-refractivity contribution is 8.22. The molecule has 0 radical (unpaired) electrons. The summed E-state index contributed by atoms with van der Waals surface area (Å²) in [4.78, 5) is 10.5. The van der Waals surface area contributed by atoms with Gasteiger partial charge in [-0.3, -0.25) is 15.6 Å². The normalized spacial score (nSPS) is 11.1. The Balaban J connectivity index is 2.78. The number of aliphatic carboxylic acids is 1. The van der Waals surface area contributed by atoms with E-state index in [2.05, 4.69) is 26.4 Å². The van der Waals surface area contributed by atoms with Crippen LogP contribution in [0.15, 0.2) is 40.5 Å². The summed E-state index contributed by atoms with van der Waals surface area (Å²) in [6.45, 7) is -0.292. The fourth-order valence-corrected chi connectivity index (χ4v) is 1.59. The Bertz CT molecular complexity index is 619. The number of thiocarbonyl (C=S) groups is 2. The van der Waals surface area contributed by atoms with E-state index in [-0.39, 0.29) is 11.7 Å². The molecule has 10 heteroatoms. The van der Waals surface area contributed by atoms with E-state index in [1.165, 1.54) is 18.0 Å². The lowest BCUT2D eigenvalue weighted by atomic mass is 10.1. The molecule has 0 aliphatic heterocycles. The van der Waals surface area contributed by atoms with Crippen LogP contribution in [0.3, 0.4) is 0 Å². The second-order valence-corrected chi connectivity index (χ2v) is 5.80. The van der Waals surface area contributed by atoms with Crippen molar-refractivity contribution >= 4 is 63.5 Å². The first-order valence-corrected chi connectivity index (χ1v) is 8.33. The van der Waals surface area contributed by atoms with Gasteiger partial charge in [0.15, 0.2) is 9.43 Å². The number of thioether (sulfide) groups is 1. The molecule has 0 aromatic heterocycles. The number of benzene rings is 1. The highest BCUT2D eigenvalue weighted by Gasteiger charge is 2.02. The highest BCUT2D eigenvalue weighted by Crippen LogP contribution is 2.00. The molecule has 1 aromatic rings. The van der Waals surface area contributed by atoms with Crippen molar-refractivity contribution < 1.29 is 9.90 Å². The lowest BCUT2D eigenvalue weighted by molar-refractivity contribution is -0.135. The molecular weight excluding hydrogens is 354 g/mol. The van der Waals surface area contributed by atoms with Gasteiger partial charge in [0.05, 0.1) is 6.21 Å². The predicted molar refractivity (Wildman–Crippen MR) is 102 cm³/mol. The molecule has 1 aromatic carbocycles. The van der Waals surface area contributed by atoms with Gasteiger partial charge < -0.3 is 10.4 Å². The van der Waals surface area contributed by atoms with Crippen LogP contribution in [-0.2, 0) is 4.79 Å². The van der Waals surface area contributed by atoms with Crippen molar-refractivity contribution in [3.63, 3.8) is 0 Å². The van der Waals surface area contributed by atoms with E-state index in [4.69, 9.17) is 29.5 Å². The molecule has 0 aliphatic rings. The summed E-state index contributed by atoms with van der Waals surface area (Å²) in [5.74, 6) is -1.02. The van der Waals surface area contributed by atoms with Gasteiger partial charge in [-0.15, -0.1) is 0 Å². The number of rotatable bonds is 6. The first-order chi connectivity index (χ1) is 11.0. The summed E-state index contributed by atoms with van der Waals surface area (Å²) in [5, 5.41) is 19.3. The van der Waals surface area contributed by atoms with E-state index in [9.17, 15) is 4.79 Å². The van der Waals surface area contributed by atoms with Crippen molar-refractivity contribution in [2.45, 2.75) is 0 Å². The molecule has 1 rings (SSSR count). The van der Waals surface area contributed by atoms with Crippen LogP contribution in [0.25, 0.3) is 0 Å². The molecule has 0 unspecified atom stereocenters. The number of hydrazone groups is 2. The van der Waals surface area contributed by atoms with Crippen molar-refractivity contribution in [3.05, 3.63) is 35.9 Å². The minimum absolute atomic E-state index is 0.0989. The average molecular weight is 369 g/mol. The van der Waals surface area contributed by atoms with Crippen LogP contribution in [0, 0.1) is 0 Å². The zero-order chi connectivity index (χ0) is 17.1. The highest BCUT2D eigenvalue weighted by atomic mass is 32.2. The van der Waals surface area contributed by atoms with Gasteiger partial charge in [0.25, 0.3) is 0 Å². The molecule has 0 spiro atoms. The Morgan fingerprint density at radius 3 is 2.61 bits per heavy atom. The predicted octanol–water partition coefficient (Wildman–Crippen LogP) is 1.16. The molecule has 0 atom stereocenters. The lowest BCUT2D eigenvalue weighted by Crippen LogP contribution is -2.36. The van der Waals surface area contributed by atoms with Gasteiger partial charge in [-0.25, -0.2) is 0 Å². The third-order valence-corrected chi connectivity index (χ3v) is 3.56. The number of carbonyl (C=O) groups is 1. The van der Waals surface area contributed by atoms with Crippen molar-refractivity contribution in [3.8, 4) is 0 Å². The summed E-state index contributed by atoms with van der Waals surface area (Å²) in [6.07, 6.45) is 3.33. The van der Waals surface area contributed by atoms with Crippen LogP contribution in [0.1, 0.15) is 5.56 Å². The summed E-state index contributed by atoms with van der Waals surface area (Å²) in [7, 11) is 0.